The number of nitrogens with two attached hydrogens (primary N) is 2. The van der Waals surface area contributed by atoms with E-state index in [-0.39, 0.29) is 25.4 Å². The minimum absolute atomic E-state index is 0.155. The molecule has 14 heavy (non-hydrogen) atoms. The molecular weight excluding hydrogens is 186 g/mol. The van der Waals surface area contributed by atoms with Crippen molar-refractivity contribution >= 4 is 11.8 Å². The van der Waals surface area contributed by atoms with E-state index in [1.807, 2.05) is 0 Å². The van der Waals surface area contributed by atoms with Crippen molar-refractivity contribution in [1.29, 1.82) is 0 Å². The number of carbonyl (C=O) groups excluding carboxylic acids is 2. The van der Waals surface area contributed by atoms with Crippen molar-refractivity contribution in [3.63, 3.8) is 0 Å². The Morgan fingerprint density at radius 2 is 2.07 bits per heavy atom. The standard InChI is InChI=1S/C8H15N3O3/c1-8(14)3-11(4-8)7(13)5(9)2-6(10)12/h5,14H,2-4,9H2,1H3,(H2,10,12). The number of β-amino-alcohol motifs (C(OH)–C–C–N with tert-alkyl or cyclic N) is 1. The van der Waals surface area contributed by atoms with Crippen molar-refractivity contribution < 1.29 is 14.7 Å². The molecule has 1 aliphatic rings. The number of nitrogens with zero attached hydrogens (tertiary/aromatic N) is 1. The Morgan fingerprint density at radius 3 is 2.43 bits per heavy atom. The van der Waals surface area contributed by atoms with Crippen LogP contribution in [0.25, 0.3) is 0 Å². The summed E-state index contributed by atoms with van der Waals surface area (Å²) in [5.41, 5.74) is 9.53. The van der Waals surface area contributed by atoms with E-state index in [4.69, 9.17) is 11.5 Å². The molecule has 1 aliphatic heterocycles. The molecule has 2 amide bonds. The third-order valence-corrected chi connectivity index (χ3v) is 2.11. The summed E-state index contributed by atoms with van der Waals surface area (Å²) in [5.74, 6) is -0.937. The van der Waals surface area contributed by atoms with Crippen LogP contribution >= 0.6 is 0 Å². The number of rotatable bonds is 3. The molecule has 0 aromatic heterocycles. The first-order valence-corrected chi connectivity index (χ1v) is 4.37. The first-order chi connectivity index (χ1) is 6.32. The third kappa shape index (κ3) is 2.43. The summed E-state index contributed by atoms with van der Waals surface area (Å²) < 4.78 is 0. The van der Waals surface area contributed by atoms with Gasteiger partial charge in [0.25, 0.3) is 0 Å². The predicted molar refractivity (Wildman–Crippen MR) is 49.0 cm³/mol. The van der Waals surface area contributed by atoms with Crippen LogP contribution in [-0.4, -0.2) is 46.6 Å². The summed E-state index contributed by atoms with van der Waals surface area (Å²) in [7, 11) is 0. The largest absolute Gasteiger partial charge is 0.386 e. The van der Waals surface area contributed by atoms with Gasteiger partial charge in [-0.3, -0.25) is 9.59 Å². The van der Waals surface area contributed by atoms with Crippen LogP contribution in [0.3, 0.4) is 0 Å². The predicted octanol–water partition coefficient (Wildman–Crippen LogP) is -2.22. The molecule has 1 atom stereocenters. The first kappa shape index (κ1) is 10.9. The Morgan fingerprint density at radius 1 is 1.57 bits per heavy atom. The number of likely N-dealkylation sites (tertiary alicyclic amines) is 1. The lowest BCUT2D eigenvalue weighted by Crippen LogP contribution is -2.64. The molecular formula is C8H15N3O3. The van der Waals surface area contributed by atoms with Crippen LogP contribution in [0.4, 0.5) is 0 Å². The number of primary amides is 1. The highest BCUT2D eigenvalue weighted by molar-refractivity contribution is 5.88. The molecule has 0 bridgehead atoms. The second kappa shape index (κ2) is 3.55. The minimum atomic E-state index is -0.886. The van der Waals surface area contributed by atoms with Crippen molar-refractivity contribution in [2.75, 3.05) is 13.1 Å². The zero-order valence-electron chi connectivity index (χ0n) is 8.06. The Hall–Kier alpha value is -1.14. The summed E-state index contributed by atoms with van der Waals surface area (Å²) in [4.78, 5) is 23.3. The fourth-order valence-corrected chi connectivity index (χ4v) is 1.47. The van der Waals surface area contributed by atoms with Gasteiger partial charge >= 0.3 is 0 Å². The van der Waals surface area contributed by atoms with Gasteiger partial charge in [-0.05, 0) is 6.92 Å². The number of carbonyl (C=O) groups is 2. The number of amides is 2. The maximum Gasteiger partial charge on any atom is 0.240 e. The van der Waals surface area contributed by atoms with Crippen LogP contribution < -0.4 is 11.5 Å². The van der Waals surface area contributed by atoms with Gasteiger partial charge in [-0.15, -0.1) is 0 Å². The van der Waals surface area contributed by atoms with Gasteiger partial charge in [0.1, 0.15) is 0 Å². The van der Waals surface area contributed by atoms with Gasteiger partial charge in [0.15, 0.2) is 0 Å². The van der Waals surface area contributed by atoms with Gasteiger partial charge in [0, 0.05) is 0 Å². The fraction of sp³-hybridized carbons (Fsp3) is 0.750. The molecule has 6 nitrogen and oxygen atoms in total. The Labute approximate surface area is 81.8 Å². The van der Waals surface area contributed by atoms with Crippen LogP contribution in [0.2, 0.25) is 0 Å². The van der Waals surface area contributed by atoms with Crippen molar-refractivity contribution in [2.45, 2.75) is 25.0 Å². The molecule has 0 spiro atoms. The van der Waals surface area contributed by atoms with E-state index >= 15 is 0 Å². The van der Waals surface area contributed by atoms with E-state index in [0.717, 1.165) is 0 Å². The second-order valence-corrected chi connectivity index (χ2v) is 3.97. The van der Waals surface area contributed by atoms with E-state index in [2.05, 4.69) is 0 Å². The molecule has 5 N–H and O–H groups in total. The molecule has 80 valence electrons. The zero-order valence-corrected chi connectivity index (χ0v) is 8.06. The Balaban J connectivity index is 2.40. The van der Waals surface area contributed by atoms with Crippen molar-refractivity contribution in [2.24, 2.45) is 11.5 Å². The zero-order chi connectivity index (χ0) is 10.9. The molecule has 0 aliphatic carbocycles. The van der Waals surface area contributed by atoms with Gasteiger partial charge in [-0.25, -0.2) is 0 Å². The molecule has 1 rings (SSSR count). The highest BCUT2D eigenvalue weighted by Crippen LogP contribution is 2.20. The van der Waals surface area contributed by atoms with Gasteiger partial charge < -0.3 is 21.5 Å². The Bertz CT molecular complexity index is 257. The van der Waals surface area contributed by atoms with E-state index in [1.165, 1.54) is 4.90 Å². The van der Waals surface area contributed by atoms with E-state index in [0.29, 0.717) is 0 Å². The lowest BCUT2D eigenvalue weighted by Gasteiger charge is -2.45. The SMILES string of the molecule is CC1(O)CN(C(=O)C(N)CC(N)=O)C1. The van der Waals surface area contributed by atoms with Crippen LogP contribution in [0, 0.1) is 0 Å². The van der Waals surface area contributed by atoms with Crippen molar-refractivity contribution in [3.05, 3.63) is 0 Å². The summed E-state index contributed by atoms with van der Waals surface area (Å²) >= 11 is 0. The Kier molecular flexibility index (Phi) is 2.77. The summed E-state index contributed by atoms with van der Waals surface area (Å²) in [6.07, 6.45) is -0.155. The van der Waals surface area contributed by atoms with Crippen LogP contribution in [0.15, 0.2) is 0 Å². The monoisotopic (exact) mass is 201 g/mol. The fourth-order valence-electron chi connectivity index (χ4n) is 1.47. The molecule has 0 aromatic carbocycles. The number of hydrogen-bond donors (Lipinski definition) is 3. The average molecular weight is 201 g/mol. The van der Waals surface area contributed by atoms with Crippen LogP contribution in [0.5, 0.6) is 0 Å². The first-order valence-electron chi connectivity index (χ1n) is 4.37. The summed E-state index contributed by atoms with van der Waals surface area (Å²) in [5, 5.41) is 9.37. The molecule has 0 radical (unpaired) electrons. The highest BCUT2D eigenvalue weighted by atomic mass is 16.3. The summed E-state index contributed by atoms with van der Waals surface area (Å²) in [6.45, 7) is 2.16. The number of aliphatic hydroxyl groups is 1. The molecule has 0 aromatic rings. The normalized spacial score (nSPS) is 21.2. The summed E-state index contributed by atoms with van der Waals surface area (Å²) in [6, 6.07) is -0.886. The van der Waals surface area contributed by atoms with Gasteiger partial charge in [0.2, 0.25) is 11.8 Å². The maximum absolute atomic E-state index is 11.4. The van der Waals surface area contributed by atoms with Crippen LogP contribution in [0.1, 0.15) is 13.3 Å². The van der Waals surface area contributed by atoms with Crippen LogP contribution in [-0.2, 0) is 9.59 Å². The smallest absolute Gasteiger partial charge is 0.240 e. The van der Waals surface area contributed by atoms with Gasteiger partial charge in [-0.2, -0.15) is 0 Å². The molecule has 1 unspecified atom stereocenters. The molecule has 0 saturated carbocycles. The highest BCUT2D eigenvalue weighted by Gasteiger charge is 2.40. The number of hydrogen-bond acceptors (Lipinski definition) is 4. The maximum atomic E-state index is 11.4. The van der Waals surface area contributed by atoms with Crippen molar-refractivity contribution in [3.8, 4) is 0 Å². The molecule has 1 saturated heterocycles. The van der Waals surface area contributed by atoms with E-state index in [1.54, 1.807) is 6.92 Å². The molecule has 1 fully saturated rings. The molecule has 1 heterocycles. The van der Waals surface area contributed by atoms with Gasteiger partial charge in [0.05, 0.1) is 31.2 Å². The average Bonchev–Trinajstić information content (AvgIpc) is 1.97. The lowest BCUT2D eigenvalue weighted by atomic mass is 9.95. The quantitative estimate of drug-likeness (QED) is 0.480. The minimum Gasteiger partial charge on any atom is -0.386 e. The molecule has 6 heteroatoms. The van der Waals surface area contributed by atoms with E-state index < -0.39 is 17.6 Å². The van der Waals surface area contributed by atoms with Gasteiger partial charge in [-0.1, -0.05) is 0 Å². The van der Waals surface area contributed by atoms with E-state index in [9.17, 15) is 14.7 Å². The lowest BCUT2D eigenvalue weighted by molar-refractivity contribution is -0.154. The second-order valence-electron chi connectivity index (χ2n) is 3.97. The van der Waals surface area contributed by atoms with Crippen molar-refractivity contribution in [1.82, 2.24) is 4.90 Å². The topological polar surface area (TPSA) is 110 Å². The third-order valence-electron chi connectivity index (χ3n) is 2.11.